The number of benzene rings is 1. The molecule has 0 unspecified atom stereocenters. The molecule has 0 N–H and O–H groups in total. The summed E-state index contributed by atoms with van der Waals surface area (Å²) >= 11 is 2.94. The molecule has 3 aromatic rings. The second kappa shape index (κ2) is 9.67. The average Bonchev–Trinajstić information content (AvgIpc) is 2.89. The molecular weight excluding hydrogens is 491 g/mol. The molecule has 3 nitrogen and oxygen atoms in total. The SMILES string of the molecule is Cc1nc2cc(C(F)(F)F)c(Br)cn2c1Cc1ccccc1OC(F)F.FB(F)F. The Kier molecular flexibility index (Phi) is 7.72. The van der Waals surface area contributed by atoms with Crippen LogP contribution >= 0.6 is 15.9 Å². The van der Waals surface area contributed by atoms with Gasteiger partial charge in [-0.05, 0) is 35.0 Å². The predicted octanol–water partition coefficient (Wildman–Crippen LogP) is 6.50. The number of hydrogen-bond acceptors (Lipinski definition) is 2. The van der Waals surface area contributed by atoms with Crippen LogP contribution in [0.3, 0.4) is 0 Å². The van der Waals surface area contributed by atoms with Crippen molar-refractivity contribution in [1.29, 1.82) is 0 Å². The van der Waals surface area contributed by atoms with Crippen LogP contribution in [0.15, 0.2) is 41.0 Å². The number of nitrogens with zero attached hydrogens (tertiary/aromatic N) is 2. The molecule has 0 aliphatic carbocycles. The zero-order valence-corrected chi connectivity index (χ0v) is 16.6. The largest absolute Gasteiger partial charge is 0.762 e. The number of aryl methyl sites for hydroxylation is 1. The van der Waals surface area contributed by atoms with Crippen molar-refractivity contribution in [2.24, 2.45) is 0 Å². The molecular formula is C17H12BBrF8N2O. The van der Waals surface area contributed by atoms with E-state index in [1.54, 1.807) is 25.1 Å². The number of aromatic nitrogens is 2. The first-order valence-electron chi connectivity index (χ1n) is 8.09. The highest BCUT2D eigenvalue weighted by atomic mass is 79.9. The van der Waals surface area contributed by atoms with Crippen LogP contribution < -0.4 is 4.74 Å². The highest BCUT2D eigenvalue weighted by molar-refractivity contribution is 9.10. The van der Waals surface area contributed by atoms with Crippen LogP contribution in [-0.4, -0.2) is 23.5 Å². The molecule has 0 saturated carbocycles. The molecule has 0 fully saturated rings. The van der Waals surface area contributed by atoms with Crippen LogP contribution in [0.5, 0.6) is 5.75 Å². The minimum absolute atomic E-state index is 0.0165. The van der Waals surface area contributed by atoms with Gasteiger partial charge in [-0.25, -0.2) is 4.98 Å². The summed E-state index contributed by atoms with van der Waals surface area (Å²) in [6.07, 6.45) is -3.06. The fourth-order valence-electron chi connectivity index (χ4n) is 2.70. The average molecular weight is 503 g/mol. The molecule has 0 spiro atoms. The molecule has 0 aliphatic heterocycles. The second-order valence-electron chi connectivity index (χ2n) is 5.82. The van der Waals surface area contributed by atoms with Crippen molar-refractivity contribution in [2.75, 3.05) is 0 Å². The van der Waals surface area contributed by atoms with Gasteiger partial charge in [0.25, 0.3) is 0 Å². The van der Waals surface area contributed by atoms with E-state index >= 15 is 0 Å². The molecule has 0 atom stereocenters. The lowest BCUT2D eigenvalue weighted by Crippen LogP contribution is -2.08. The first-order chi connectivity index (χ1) is 13.9. The molecule has 0 saturated heterocycles. The van der Waals surface area contributed by atoms with Crippen LogP contribution in [0.2, 0.25) is 0 Å². The van der Waals surface area contributed by atoms with Crippen LogP contribution in [0.25, 0.3) is 5.65 Å². The zero-order chi connectivity index (χ0) is 22.6. The van der Waals surface area contributed by atoms with E-state index < -0.39 is 25.9 Å². The fourth-order valence-corrected chi connectivity index (χ4v) is 3.25. The molecule has 13 heteroatoms. The van der Waals surface area contributed by atoms with E-state index in [1.807, 2.05) is 0 Å². The van der Waals surface area contributed by atoms with E-state index in [-0.39, 0.29) is 22.3 Å². The van der Waals surface area contributed by atoms with Crippen LogP contribution in [0.4, 0.5) is 34.9 Å². The van der Waals surface area contributed by atoms with E-state index in [9.17, 15) is 34.9 Å². The lowest BCUT2D eigenvalue weighted by Gasteiger charge is -2.12. The number of alkyl halides is 5. The molecule has 0 bridgehead atoms. The third-order valence-electron chi connectivity index (χ3n) is 3.86. The number of ether oxygens (including phenoxy) is 1. The normalized spacial score (nSPS) is 11.4. The van der Waals surface area contributed by atoms with E-state index in [1.165, 1.54) is 16.7 Å². The molecule has 162 valence electrons. The number of pyridine rings is 1. The molecule has 1 aromatic carbocycles. The number of fused-ring (bicyclic) bond motifs is 1. The Morgan fingerprint density at radius 1 is 1.17 bits per heavy atom. The van der Waals surface area contributed by atoms with Gasteiger partial charge in [0.15, 0.2) is 0 Å². The summed E-state index contributed by atoms with van der Waals surface area (Å²) in [5, 5.41) is 0. The van der Waals surface area contributed by atoms with E-state index in [4.69, 9.17) is 0 Å². The van der Waals surface area contributed by atoms with Crippen molar-refractivity contribution in [3.05, 3.63) is 63.5 Å². The van der Waals surface area contributed by atoms with Crippen molar-refractivity contribution >= 4 is 29.1 Å². The predicted molar refractivity (Wildman–Crippen MR) is 97.6 cm³/mol. The summed E-state index contributed by atoms with van der Waals surface area (Å²) in [4.78, 5) is 4.17. The van der Waals surface area contributed by atoms with E-state index in [0.717, 1.165) is 6.07 Å². The van der Waals surface area contributed by atoms with Gasteiger partial charge < -0.3 is 9.14 Å². The number of rotatable bonds is 4. The molecule has 0 amide bonds. The van der Waals surface area contributed by atoms with E-state index in [2.05, 4.69) is 25.7 Å². The van der Waals surface area contributed by atoms with Crippen molar-refractivity contribution < 1.29 is 39.6 Å². The molecule has 3 rings (SSSR count). The van der Waals surface area contributed by atoms with Crippen LogP contribution in [-0.2, 0) is 12.6 Å². The lowest BCUT2D eigenvalue weighted by molar-refractivity contribution is -0.138. The molecule has 0 radical (unpaired) electrons. The van der Waals surface area contributed by atoms with E-state index in [0.29, 0.717) is 17.0 Å². The van der Waals surface area contributed by atoms with Gasteiger partial charge in [-0.3, -0.25) is 12.9 Å². The maximum Gasteiger partial charge on any atom is 0.762 e. The van der Waals surface area contributed by atoms with Gasteiger partial charge in [-0.1, -0.05) is 18.2 Å². The Morgan fingerprint density at radius 3 is 2.33 bits per heavy atom. The fraction of sp³-hybridized carbons (Fsp3) is 0.235. The molecule has 2 heterocycles. The van der Waals surface area contributed by atoms with Crippen molar-refractivity contribution in [3.63, 3.8) is 0 Å². The van der Waals surface area contributed by atoms with Crippen molar-refractivity contribution in [3.8, 4) is 5.75 Å². The summed E-state index contributed by atoms with van der Waals surface area (Å²) in [7, 11) is -3.67. The Hall–Kier alpha value is -2.31. The van der Waals surface area contributed by atoms with Crippen molar-refractivity contribution in [2.45, 2.75) is 26.1 Å². The van der Waals surface area contributed by atoms with Gasteiger partial charge in [-0.15, -0.1) is 0 Å². The summed E-state index contributed by atoms with van der Waals surface area (Å²) in [5.74, 6) is 0.0165. The maximum absolute atomic E-state index is 13.1. The van der Waals surface area contributed by atoms with Gasteiger partial charge >= 0.3 is 20.3 Å². The highest BCUT2D eigenvalue weighted by Gasteiger charge is 2.34. The summed E-state index contributed by atoms with van der Waals surface area (Å²) in [5.41, 5.74) is 0.861. The van der Waals surface area contributed by atoms with Crippen molar-refractivity contribution in [1.82, 2.24) is 9.38 Å². The van der Waals surface area contributed by atoms with Gasteiger partial charge in [0.1, 0.15) is 11.4 Å². The Balaban J connectivity index is 0.000000735. The first kappa shape index (κ1) is 24.0. The number of halogens is 9. The highest BCUT2D eigenvalue weighted by Crippen LogP contribution is 2.36. The number of hydrogen-bond donors (Lipinski definition) is 0. The maximum atomic E-state index is 13.1. The summed E-state index contributed by atoms with van der Waals surface area (Å²) in [6.45, 7) is -1.32. The molecule has 0 aliphatic rings. The molecule has 2 aromatic heterocycles. The lowest BCUT2D eigenvalue weighted by atomic mass is 10.1. The Labute approximate surface area is 174 Å². The standard InChI is InChI=1S/C17H12BrF5N2O.BF3/c1-9-13(6-10-4-2-3-5-14(10)26-16(19)20)25-8-12(18)11(17(21,22)23)7-15(25)24-9;2-1(3)4/h2-5,7-8,16H,6H2,1H3;. The third-order valence-corrected chi connectivity index (χ3v) is 4.49. The van der Waals surface area contributed by atoms with Crippen LogP contribution in [0, 0.1) is 6.92 Å². The summed E-state index contributed by atoms with van der Waals surface area (Å²) in [6, 6.07) is 7.22. The molecule has 30 heavy (non-hydrogen) atoms. The van der Waals surface area contributed by atoms with Gasteiger partial charge in [0.05, 0.1) is 11.3 Å². The topological polar surface area (TPSA) is 26.5 Å². The van der Waals surface area contributed by atoms with Gasteiger partial charge in [0.2, 0.25) is 0 Å². The third kappa shape index (κ3) is 6.10. The Morgan fingerprint density at radius 2 is 1.77 bits per heavy atom. The minimum Gasteiger partial charge on any atom is -0.435 e. The zero-order valence-electron chi connectivity index (χ0n) is 15.0. The monoisotopic (exact) mass is 502 g/mol. The van der Waals surface area contributed by atoms with Gasteiger partial charge in [-0.2, -0.15) is 22.0 Å². The number of imidazole rings is 1. The summed E-state index contributed by atoms with van der Waals surface area (Å²) < 4.78 is 99.2. The quantitative estimate of drug-likeness (QED) is 0.301. The second-order valence-corrected chi connectivity index (χ2v) is 6.67. The first-order valence-corrected chi connectivity index (χ1v) is 8.88. The minimum atomic E-state index is -4.52. The number of para-hydroxylation sites is 1. The van der Waals surface area contributed by atoms with Gasteiger partial charge in [0, 0.05) is 28.3 Å². The Bertz CT molecular complexity index is 1010. The smallest absolute Gasteiger partial charge is 0.435 e. The van der Waals surface area contributed by atoms with Crippen LogP contribution in [0.1, 0.15) is 22.5 Å².